The van der Waals surface area contributed by atoms with Gasteiger partial charge in [-0.3, -0.25) is 9.78 Å². The van der Waals surface area contributed by atoms with E-state index in [1.165, 1.54) is 6.20 Å². The van der Waals surface area contributed by atoms with Gasteiger partial charge >= 0.3 is 0 Å². The van der Waals surface area contributed by atoms with Crippen LogP contribution in [-0.2, 0) is 12.8 Å². The summed E-state index contributed by atoms with van der Waals surface area (Å²) in [4.78, 5) is 16.1. The third-order valence-corrected chi connectivity index (χ3v) is 2.94. The quantitative estimate of drug-likeness (QED) is 0.790. The van der Waals surface area contributed by atoms with E-state index in [1.54, 1.807) is 12.3 Å². The third-order valence-electron chi connectivity index (χ3n) is 2.94. The molecule has 0 radical (unpaired) electrons. The zero-order valence-electron chi connectivity index (χ0n) is 10.5. The molecule has 19 heavy (non-hydrogen) atoms. The Balaban J connectivity index is 2.28. The Hall–Kier alpha value is -2.10. The summed E-state index contributed by atoms with van der Waals surface area (Å²) >= 11 is 0. The normalized spacial score (nSPS) is 10.5. The highest BCUT2D eigenvalue weighted by atomic mass is 19.1. The van der Waals surface area contributed by atoms with Crippen molar-refractivity contribution in [3.05, 3.63) is 65.0 Å². The molecule has 1 aromatic carbocycles. The molecule has 0 atom stereocenters. The Bertz CT molecular complexity index is 611. The average Bonchev–Trinajstić information content (AvgIpc) is 2.42. The molecule has 0 saturated carbocycles. The molecule has 2 aromatic rings. The van der Waals surface area contributed by atoms with Gasteiger partial charge in [-0.25, -0.2) is 8.78 Å². The van der Waals surface area contributed by atoms with E-state index in [0.29, 0.717) is 12.0 Å². The minimum absolute atomic E-state index is 0.0730. The van der Waals surface area contributed by atoms with E-state index >= 15 is 0 Å². The summed E-state index contributed by atoms with van der Waals surface area (Å²) in [5, 5.41) is 0. The molecule has 0 fully saturated rings. The number of pyridine rings is 1. The molecule has 1 aromatic heterocycles. The van der Waals surface area contributed by atoms with E-state index in [0.717, 1.165) is 23.8 Å². The predicted octanol–water partition coefficient (Wildman–Crippen LogP) is 3.35. The number of hydrogen-bond acceptors (Lipinski definition) is 2. The lowest BCUT2D eigenvalue weighted by molar-refractivity contribution is 0.0991. The topological polar surface area (TPSA) is 30.0 Å². The maximum absolute atomic E-state index is 13.5. The van der Waals surface area contributed by atoms with Gasteiger partial charge in [-0.2, -0.15) is 0 Å². The van der Waals surface area contributed by atoms with Gasteiger partial charge in [0.1, 0.15) is 11.6 Å². The van der Waals surface area contributed by atoms with Crippen molar-refractivity contribution in [2.45, 2.75) is 19.8 Å². The molecule has 0 spiro atoms. The van der Waals surface area contributed by atoms with Crippen LogP contribution in [-0.4, -0.2) is 10.8 Å². The van der Waals surface area contributed by atoms with Crippen LogP contribution in [0.3, 0.4) is 0 Å². The molecule has 0 bridgehead atoms. The zero-order chi connectivity index (χ0) is 13.8. The van der Waals surface area contributed by atoms with Gasteiger partial charge in [0.2, 0.25) is 0 Å². The van der Waals surface area contributed by atoms with Gasteiger partial charge in [-0.1, -0.05) is 6.92 Å². The number of aromatic nitrogens is 1. The van der Waals surface area contributed by atoms with Crippen molar-refractivity contribution in [1.82, 2.24) is 4.98 Å². The molecule has 0 unspecified atom stereocenters. The minimum Gasteiger partial charge on any atom is -0.294 e. The van der Waals surface area contributed by atoms with Crippen molar-refractivity contribution >= 4 is 5.78 Å². The van der Waals surface area contributed by atoms with Gasteiger partial charge in [0.25, 0.3) is 0 Å². The summed E-state index contributed by atoms with van der Waals surface area (Å²) in [7, 11) is 0. The second kappa shape index (κ2) is 5.69. The van der Waals surface area contributed by atoms with Crippen LogP contribution in [0.1, 0.15) is 28.4 Å². The summed E-state index contributed by atoms with van der Waals surface area (Å²) in [6.45, 7) is 1.91. The van der Waals surface area contributed by atoms with Crippen molar-refractivity contribution in [2.24, 2.45) is 0 Å². The predicted molar refractivity (Wildman–Crippen MR) is 68.0 cm³/mol. The molecule has 4 heteroatoms. The van der Waals surface area contributed by atoms with Crippen LogP contribution in [0.25, 0.3) is 0 Å². The van der Waals surface area contributed by atoms with Gasteiger partial charge in [0.05, 0.1) is 0 Å². The van der Waals surface area contributed by atoms with Crippen LogP contribution in [0.5, 0.6) is 0 Å². The fourth-order valence-corrected chi connectivity index (χ4v) is 1.93. The molecule has 1 heterocycles. The number of ketones is 1. The van der Waals surface area contributed by atoms with Crippen molar-refractivity contribution < 1.29 is 13.6 Å². The van der Waals surface area contributed by atoms with E-state index in [4.69, 9.17) is 0 Å². The van der Waals surface area contributed by atoms with E-state index in [9.17, 15) is 13.6 Å². The van der Waals surface area contributed by atoms with Gasteiger partial charge in [0.15, 0.2) is 5.78 Å². The first-order chi connectivity index (χ1) is 9.11. The first-order valence-corrected chi connectivity index (χ1v) is 6.01. The second-order valence-electron chi connectivity index (χ2n) is 4.22. The second-order valence-corrected chi connectivity index (χ2v) is 4.22. The van der Waals surface area contributed by atoms with Crippen molar-refractivity contribution in [2.75, 3.05) is 0 Å². The number of nitrogens with zero attached hydrogens (tertiary/aromatic N) is 1. The van der Waals surface area contributed by atoms with Crippen LogP contribution < -0.4 is 0 Å². The minimum atomic E-state index is -0.568. The van der Waals surface area contributed by atoms with Gasteiger partial charge in [-0.05, 0) is 41.8 Å². The first-order valence-electron chi connectivity index (χ1n) is 6.01. The number of rotatable bonds is 4. The summed E-state index contributed by atoms with van der Waals surface area (Å²) in [6.07, 6.45) is 3.66. The number of benzene rings is 1. The molecule has 2 nitrogen and oxygen atoms in total. The number of Topliss-reactive ketones (excluding diaryl/α,β-unsaturated/α-hetero) is 1. The SMILES string of the molecule is CCc1cnccc1C(=O)Cc1cc(F)ccc1F. The largest absolute Gasteiger partial charge is 0.294 e. The lowest BCUT2D eigenvalue weighted by Crippen LogP contribution is -2.08. The molecule has 0 aliphatic heterocycles. The first kappa shape index (κ1) is 13.3. The number of halogens is 2. The summed E-state index contributed by atoms with van der Waals surface area (Å²) in [5.74, 6) is -1.35. The van der Waals surface area contributed by atoms with Crippen molar-refractivity contribution in [1.29, 1.82) is 0 Å². The van der Waals surface area contributed by atoms with Crippen LogP contribution >= 0.6 is 0 Å². The molecule has 0 N–H and O–H groups in total. The Morgan fingerprint density at radius 2 is 2.00 bits per heavy atom. The smallest absolute Gasteiger partial charge is 0.167 e. The van der Waals surface area contributed by atoms with Crippen molar-refractivity contribution in [3.8, 4) is 0 Å². The number of hydrogen-bond donors (Lipinski definition) is 0. The molecule has 2 rings (SSSR count). The van der Waals surface area contributed by atoms with Crippen molar-refractivity contribution in [3.63, 3.8) is 0 Å². The number of carbonyl (C=O) groups excluding carboxylic acids is 1. The van der Waals surface area contributed by atoms with Crippen LogP contribution in [0, 0.1) is 11.6 Å². The molecule has 98 valence electrons. The number of carbonyl (C=O) groups is 1. The lowest BCUT2D eigenvalue weighted by atomic mass is 9.99. The van der Waals surface area contributed by atoms with E-state index in [1.807, 2.05) is 6.92 Å². The van der Waals surface area contributed by atoms with Crippen LogP contribution in [0.2, 0.25) is 0 Å². The molecule has 0 aliphatic carbocycles. The summed E-state index contributed by atoms with van der Waals surface area (Å²) < 4.78 is 26.6. The highest BCUT2D eigenvalue weighted by Crippen LogP contribution is 2.15. The maximum atomic E-state index is 13.5. The molecule has 0 amide bonds. The molecule has 0 aliphatic rings. The third kappa shape index (κ3) is 3.02. The Morgan fingerprint density at radius 1 is 1.21 bits per heavy atom. The lowest BCUT2D eigenvalue weighted by Gasteiger charge is -2.07. The van der Waals surface area contributed by atoms with Gasteiger partial charge in [0, 0.05) is 24.4 Å². The zero-order valence-corrected chi connectivity index (χ0v) is 10.5. The molecule has 0 saturated heterocycles. The van der Waals surface area contributed by atoms with E-state index < -0.39 is 11.6 Å². The average molecular weight is 261 g/mol. The van der Waals surface area contributed by atoms with Crippen LogP contribution in [0.4, 0.5) is 8.78 Å². The maximum Gasteiger partial charge on any atom is 0.167 e. The fourth-order valence-electron chi connectivity index (χ4n) is 1.93. The van der Waals surface area contributed by atoms with Gasteiger partial charge in [-0.15, -0.1) is 0 Å². The van der Waals surface area contributed by atoms with E-state index in [-0.39, 0.29) is 17.8 Å². The van der Waals surface area contributed by atoms with Gasteiger partial charge < -0.3 is 0 Å². The molecular weight excluding hydrogens is 248 g/mol. The van der Waals surface area contributed by atoms with E-state index in [2.05, 4.69) is 4.98 Å². The van der Waals surface area contributed by atoms with Crippen LogP contribution in [0.15, 0.2) is 36.7 Å². The molecular formula is C15H13F2NO. The Labute approximate surface area is 110 Å². The Kier molecular flexibility index (Phi) is 4.00. The fraction of sp³-hybridized carbons (Fsp3) is 0.200. The highest BCUT2D eigenvalue weighted by molar-refractivity contribution is 5.98. The summed E-state index contributed by atoms with van der Waals surface area (Å²) in [5.41, 5.74) is 1.40. The monoisotopic (exact) mass is 261 g/mol. The Morgan fingerprint density at radius 3 is 2.74 bits per heavy atom. The number of aryl methyl sites for hydroxylation is 1. The highest BCUT2D eigenvalue weighted by Gasteiger charge is 2.14. The summed E-state index contributed by atoms with van der Waals surface area (Å²) in [6, 6.07) is 4.73. The standard InChI is InChI=1S/C15H13F2NO/c1-2-10-9-18-6-5-13(10)15(19)8-11-7-12(16)3-4-14(11)17/h3-7,9H,2,8H2,1H3.